The van der Waals surface area contributed by atoms with Gasteiger partial charge in [0.15, 0.2) is 6.10 Å². The number of methoxy groups -OCH3 is 1. The summed E-state index contributed by atoms with van der Waals surface area (Å²) < 4.78 is 12.5. The number of ketones is 1. The van der Waals surface area contributed by atoms with Crippen LogP contribution in [-0.2, 0) is 20.8 Å². The van der Waals surface area contributed by atoms with Gasteiger partial charge in [-0.15, -0.1) is 0 Å². The minimum absolute atomic E-state index is 0.162. The van der Waals surface area contributed by atoms with Crippen LogP contribution in [-0.4, -0.2) is 41.1 Å². The Morgan fingerprint density at radius 3 is 2.74 bits per heavy atom. The summed E-state index contributed by atoms with van der Waals surface area (Å²) in [6.07, 6.45) is 2.07. The van der Waals surface area contributed by atoms with E-state index in [2.05, 4.69) is 9.55 Å². The number of aromatic nitrogens is 2. The quantitative estimate of drug-likeness (QED) is 0.258. The third kappa shape index (κ3) is 4.60. The number of carbonyl (C=O) groups is 2. The van der Waals surface area contributed by atoms with Crippen molar-refractivity contribution in [3.63, 3.8) is 0 Å². The lowest BCUT2D eigenvalue weighted by atomic mass is 10.1. The van der Waals surface area contributed by atoms with Gasteiger partial charge < -0.3 is 19.0 Å². The highest BCUT2D eigenvalue weighted by Gasteiger charge is 2.24. The molecule has 1 aromatic carbocycles. The molecule has 0 radical (unpaired) electrons. The Hall–Kier alpha value is -3.63. The summed E-state index contributed by atoms with van der Waals surface area (Å²) in [4.78, 5) is 28.5. The molecule has 31 heavy (non-hydrogen) atoms. The summed E-state index contributed by atoms with van der Waals surface area (Å²) >= 11 is 0. The number of carbonyl (C=O) groups excluding carboxylic acids is 2. The van der Waals surface area contributed by atoms with Gasteiger partial charge in [-0.3, -0.25) is 4.79 Å². The average Bonchev–Trinajstić information content (AvgIpc) is 3.30. The molecular weight excluding hydrogens is 394 g/mol. The van der Waals surface area contributed by atoms with Crippen LogP contribution in [0.5, 0.6) is 0 Å². The van der Waals surface area contributed by atoms with Gasteiger partial charge in [-0.25, -0.2) is 4.79 Å². The summed E-state index contributed by atoms with van der Waals surface area (Å²) in [5, 5.41) is 10.3. The molecule has 0 amide bonds. The van der Waals surface area contributed by atoms with E-state index in [1.165, 1.54) is 13.0 Å². The number of nitrogens with zero attached hydrogens (tertiary/aromatic N) is 2. The molecule has 3 rings (SSSR count). The number of hydrogen-bond acceptors (Lipinski definition) is 5. The van der Waals surface area contributed by atoms with Crippen molar-refractivity contribution in [1.82, 2.24) is 9.55 Å². The Kier molecular flexibility index (Phi) is 6.73. The molecule has 0 aliphatic heterocycles. The van der Waals surface area contributed by atoms with E-state index >= 15 is 0 Å². The molecule has 2 heterocycles. The normalized spacial score (nSPS) is 12.5. The second-order valence-electron chi connectivity index (χ2n) is 7.30. The van der Waals surface area contributed by atoms with Crippen LogP contribution < -0.4 is 0 Å². The molecule has 0 spiro atoms. The Bertz CT molecular complexity index is 1190. The molecule has 3 aromatic rings. The minimum Gasteiger partial charge on any atom is -0.450 e. The molecule has 0 bridgehead atoms. The first-order chi connectivity index (χ1) is 14.9. The molecule has 0 saturated carbocycles. The van der Waals surface area contributed by atoms with E-state index in [9.17, 15) is 14.9 Å². The van der Waals surface area contributed by atoms with E-state index in [0.717, 1.165) is 27.9 Å². The number of nitriles is 1. The van der Waals surface area contributed by atoms with Crippen LogP contribution in [0.2, 0.25) is 0 Å². The number of aromatic amines is 1. The molecule has 0 aliphatic rings. The fourth-order valence-corrected chi connectivity index (χ4v) is 3.56. The van der Waals surface area contributed by atoms with E-state index in [0.29, 0.717) is 18.7 Å². The lowest BCUT2D eigenvalue weighted by Crippen LogP contribution is -2.24. The van der Waals surface area contributed by atoms with Gasteiger partial charge in [0.1, 0.15) is 11.6 Å². The van der Waals surface area contributed by atoms with Crippen molar-refractivity contribution in [3.05, 3.63) is 64.6 Å². The van der Waals surface area contributed by atoms with Gasteiger partial charge in [-0.2, -0.15) is 5.26 Å². The number of nitrogens with one attached hydrogen (secondary N) is 1. The molecule has 0 fully saturated rings. The predicted octanol–water partition coefficient (Wildman–Crippen LogP) is 3.95. The van der Waals surface area contributed by atoms with Crippen LogP contribution in [0.15, 0.2) is 42.1 Å². The lowest BCUT2D eigenvalue weighted by molar-refractivity contribution is -0.141. The first kappa shape index (κ1) is 22.1. The molecule has 0 saturated heterocycles. The molecule has 7 nitrogen and oxygen atoms in total. The fraction of sp³-hybridized carbons (Fsp3) is 0.292. The summed E-state index contributed by atoms with van der Waals surface area (Å²) in [6, 6.07) is 11.2. The third-order valence-electron chi connectivity index (χ3n) is 5.28. The van der Waals surface area contributed by atoms with Crippen LogP contribution in [0.4, 0.5) is 0 Å². The molecule has 0 aliphatic carbocycles. The zero-order valence-corrected chi connectivity index (χ0v) is 18.1. The highest BCUT2D eigenvalue weighted by Crippen LogP contribution is 2.21. The van der Waals surface area contributed by atoms with Gasteiger partial charge >= 0.3 is 5.97 Å². The van der Waals surface area contributed by atoms with Crippen molar-refractivity contribution in [2.24, 2.45) is 0 Å². The number of ether oxygens (including phenoxy) is 2. The monoisotopic (exact) mass is 419 g/mol. The van der Waals surface area contributed by atoms with Crippen LogP contribution in [0.25, 0.3) is 17.0 Å². The van der Waals surface area contributed by atoms with Gasteiger partial charge in [0, 0.05) is 47.7 Å². The highest BCUT2D eigenvalue weighted by molar-refractivity contribution is 6.10. The predicted molar refractivity (Wildman–Crippen MR) is 118 cm³/mol. The average molecular weight is 419 g/mol. The molecule has 1 atom stereocenters. The number of fused-ring (bicyclic) bond motifs is 1. The van der Waals surface area contributed by atoms with Crippen molar-refractivity contribution in [1.29, 1.82) is 5.26 Å². The molecular formula is C24H25N3O4. The fourth-order valence-electron chi connectivity index (χ4n) is 3.56. The molecule has 7 heteroatoms. The second kappa shape index (κ2) is 9.45. The van der Waals surface area contributed by atoms with Crippen LogP contribution in [0, 0.1) is 25.2 Å². The van der Waals surface area contributed by atoms with E-state index < -0.39 is 12.1 Å². The van der Waals surface area contributed by atoms with Crippen molar-refractivity contribution in [3.8, 4) is 6.07 Å². The van der Waals surface area contributed by atoms with E-state index in [4.69, 9.17) is 9.47 Å². The number of hydrogen-bond donors (Lipinski definition) is 1. The topological polar surface area (TPSA) is 97.1 Å². The number of rotatable bonds is 8. The minimum atomic E-state index is -1.03. The summed E-state index contributed by atoms with van der Waals surface area (Å²) in [7, 11) is 1.64. The van der Waals surface area contributed by atoms with Gasteiger partial charge in [0.25, 0.3) is 0 Å². The van der Waals surface area contributed by atoms with Crippen molar-refractivity contribution in [2.75, 3.05) is 13.7 Å². The summed E-state index contributed by atoms with van der Waals surface area (Å²) in [5.74, 6) is -1.16. The smallest absolute Gasteiger partial charge is 0.349 e. The first-order valence-electron chi connectivity index (χ1n) is 9.96. The number of esters is 1. The Labute approximate surface area is 180 Å². The number of Topliss-reactive ketones (excluding diaryl/α,β-unsaturated/α-hetero) is 1. The van der Waals surface area contributed by atoms with Crippen LogP contribution in [0.3, 0.4) is 0 Å². The van der Waals surface area contributed by atoms with Gasteiger partial charge in [0.05, 0.1) is 6.61 Å². The Balaban J connectivity index is 1.78. The third-order valence-corrected chi connectivity index (χ3v) is 5.28. The Morgan fingerprint density at radius 2 is 2.03 bits per heavy atom. The maximum absolute atomic E-state index is 12.8. The van der Waals surface area contributed by atoms with E-state index in [-0.39, 0.29) is 11.4 Å². The second-order valence-corrected chi connectivity index (χ2v) is 7.30. The van der Waals surface area contributed by atoms with Gasteiger partial charge in [-0.1, -0.05) is 18.2 Å². The van der Waals surface area contributed by atoms with Gasteiger partial charge in [0.2, 0.25) is 5.78 Å². The maximum atomic E-state index is 12.8. The maximum Gasteiger partial charge on any atom is 0.349 e. The SMILES string of the molecule is COCCn1c(C)cc(/C=C(\C#N)C(=O)O[C@@H](C)C(=O)c2c[nH]c3ccccc23)c1C. The van der Waals surface area contributed by atoms with Crippen molar-refractivity contribution in [2.45, 2.75) is 33.4 Å². The largest absolute Gasteiger partial charge is 0.450 e. The number of benzene rings is 1. The summed E-state index contributed by atoms with van der Waals surface area (Å²) in [6.45, 7) is 6.60. The molecule has 160 valence electrons. The van der Waals surface area contributed by atoms with E-state index in [1.807, 2.05) is 50.2 Å². The first-order valence-corrected chi connectivity index (χ1v) is 9.96. The van der Waals surface area contributed by atoms with Crippen molar-refractivity contribution >= 4 is 28.7 Å². The number of aryl methyl sites for hydroxylation is 1. The summed E-state index contributed by atoms with van der Waals surface area (Å²) in [5.41, 5.74) is 3.77. The van der Waals surface area contributed by atoms with Crippen molar-refractivity contribution < 1.29 is 19.1 Å². The highest BCUT2D eigenvalue weighted by atomic mass is 16.5. The van der Waals surface area contributed by atoms with Crippen LogP contribution >= 0.6 is 0 Å². The number of para-hydroxylation sites is 1. The number of H-pyrrole nitrogens is 1. The Morgan fingerprint density at radius 1 is 1.29 bits per heavy atom. The molecule has 1 N–H and O–H groups in total. The zero-order valence-electron chi connectivity index (χ0n) is 18.1. The van der Waals surface area contributed by atoms with Gasteiger partial charge in [-0.05, 0) is 44.5 Å². The van der Waals surface area contributed by atoms with E-state index in [1.54, 1.807) is 13.3 Å². The standard InChI is InChI=1S/C24H25N3O4/c1-15-11-18(16(2)27(15)9-10-30-4)12-19(13-25)24(29)31-17(3)23(28)21-14-26-22-8-6-5-7-20(21)22/h5-8,11-12,14,17,26H,9-10H2,1-4H3/b19-12+/t17-/m0/s1. The molecule has 2 aromatic heterocycles. The van der Waals surface area contributed by atoms with Crippen LogP contribution in [0.1, 0.15) is 34.2 Å². The zero-order chi connectivity index (χ0) is 22.5. The molecule has 0 unspecified atom stereocenters. The lowest BCUT2D eigenvalue weighted by Gasteiger charge is -2.11.